The highest BCUT2D eigenvalue weighted by molar-refractivity contribution is 5.64. The number of rotatable bonds is 3. The largest absolute Gasteiger partial charge is 0.465 e. The molecule has 0 bridgehead atoms. The van der Waals surface area contributed by atoms with E-state index in [0.717, 1.165) is 17.1 Å². The molecule has 1 aliphatic rings. The molecule has 5 heteroatoms. The van der Waals surface area contributed by atoms with E-state index in [2.05, 4.69) is 5.32 Å². The minimum absolute atomic E-state index is 0.127. The van der Waals surface area contributed by atoms with Crippen molar-refractivity contribution in [3.63, 3.8) is 0 Å². The monoisotopic (exact) mass is 223 g/mol. The summed E-state index contributed by atoms with van der Waals surface area (Å²) < 4.78 is 10.4. The third-order valence-electron chi connectivity index (χ3n) is 2.35. The SMILES string of the molecule is C[C@H](Cc1ccc2c(c1)OCO2)NC(=O)O. The van der Waals surface area contributed by atoms with Crippen LogP contribution in [0, 0.1) is 0 Å². The summed E-state index contributed by atoms with van der Waals surface area (Å²) in [4.78, 5) is 10.4. The first-order chi connectivity index (χ1) is 7.65. The van der Waals surface area contributed by atoms with Gasteiger partial charge < -0.3 is 19.9 Å². The van der Waals surface area contributed by atoms with Crippen LogP contribution in [-0.2, 0) is 6.42 Å². The Balaban J connectivity index is 2.02. The van der Waals surface area contributed by atoms with Gasteiger partial charge in [0.2, 0.25) is 6.79 Å². The molecule has 1 heterocycles. The van der Waals surface area contributed by atoms with Gasteiger partial charge in [-0.15, -0.1) is 0 Å². The second-order valence-electron chi connectivity index (χ2n) is 3.74. The molecular formula is C11H13NO4. The van der Waals surface area contributed by atoms with Crippen molar-refractivity contribution in [3.8, 4) is 11.5 Å². The predicted molar refractivity (Wildman–Crippen MR) is 56.9 cm³/mol. The third-order valence-corrected chi connectivity index (χ3v) is 2.35. The van der Waals surface area contributed by atoms with Crippen LogP contribution in [0.1, 0.15) is 12.5 Å². The molecule has 0 unspecified atom stereocenters. The maximum atomic E-state index is 10.4. The van der Waals surface area contributed by atoms with Crippen LogP contribution in [0.5, 0.6) is 11.5 Å². The maximum absolute atomic E-state index is 10.4. The van der Waals surface area contributed by atoms with Gasteiger partial charge in [-0.3, -0.25) is 0 Å². The van der Waals surface area contributed by atoms with Gasteiger partial charge in [0.15, 0.2) is 11.5 Å². The zero-order valence-electron chi connectivity index (χ0n) is 8.90. The van der Waals surface area contributed by atoms with Crippen LogP contribution < -0.4 is 14.8 Å². The highest BCUT2D eigenvalue weighted by atomic mass is 16.7. The van der Waals surface area contributed by atoms with Gasteiger partial charge in [-0.2, -0.15) is 0 Å². The second-order valence-corrected chi connectivity index (χ2v) is 3.74. The van der Waals surface area contributed by atoms with Gasteiger partial charge >= 0.3 is 6.09 Å². The zero-order chi connectivity index (χ0) is 11.5. The molecule has 1 amide bonds. The molecule has 5 nitrogen and oxygen atoms in total. The minimum atomic E-state index is -1.01. The molecule has 0 fully saturated rings. The maximum Gasteiger partial charge on any atom is 0.404 e. The second kappa shape index (κ2) is 4.30. The number of amides is 1. The lowest BCUT2D eigenvalue weighted by atomic mass is 10.1. The topological polar surface area (TPSA) is 67.8 Å². The van der Waals surface area contributed by atoms with E-state index < -0.39 is 6.09 Å². The molecule has 0 aliphatic carbocycles. The molecule has 1 atom stereocenters. The molecule has 0 saturated heterocycles. The fraction of sp³-hybridized carbons (Fsp3) is 0.364. The van der Waals surface area contributed by atoms with E-state index in [1.807, 2.05) is 25.1 Å². The summed E-state index contributed by atoms with van der Waals surface area (Å²) in [5.41, 5.74) is 1.02. The highest BCUT2D eigenvalue weighted by Crippen LogP contribution is 2.32. The molecule has 0 aromatic heterocycles. The number of nitrogens with one attached hydrogen (secondary N) is 1. The van der Waals surface area contributed by atoms with Gasteiger partial charge in [0.1, 0.15) is 0 Å². The fourth-order valence-electron chi connectivity index (χ4n) is 1.68. The van der Waals surface area contributed by atoms with Crippen molar-refractivity contribution < 1.29 is 19.4 Å². The Hall–Kier alpha value is -1.91. The number of fused-ring (bicyclic) bond motifs is 1. The highest BCUT2D eigenvalue weighted by Gasteiger charge is 2.14. The summed E-state index contributed by atoms with van der Waals surface area (Å²) in [6, 6.07) is 5.50. The minimum Gasteiger partial charge on any atom is -0.465 e. The summed E-state index contributed by atoms with van der Waals surface area (Å²) in [6.07, 6.45) is -0.378. The van der Waals surface area contributed by atoms with Gasteiger partial charge in [-0.25, -0.2) is 4.79 Å². The quantitative estimate of drug-likeness (QED) is 0.817. The average Bonchev–Trinajstić information content (AvgIpc) is 2.63. The van der Waals surface area contributed by atoms with E-state index in [0.29, 0.717) is 6.42 Å². The summed E-state index contributed by atoms with van der Waals surface area (Å²) in [5, 5.41) is 11.0. The molecule has 2 N–H and O–H groups in total. The third kappa shape index (κ3) is 2.36. The smallest absolute Gasteiger partial charge is 0.404 e. The standard InChI is InChI=1S/C11H13NO4/c1-7(12-11(13)14)4-8-2-3-9-10(5-8)16-6-15-9/h2-3,5,7,12H,4,6H2,1H3,(H,13,14)/t7-/m1/s1. The van der Waals surface area contributed by atoms with Crippen molar-refractivity contribution in [2.24, 2.45) is 0 Å². The van der Waals surface area contributed by atoms with E-state index in [1.54, 1.807) is 0 Å². The average molecular weight is 223 g/mol. The molecule has 0 saturated carbocycles. The molecule has 0 spiro atoms. The van der Waals surface area contributed by atoms with Crippen molar-refractivity contribution in [1.82, 2.24) is 5.32 Å². The lowest BCUT2D eigenvalue weighted by Crippen LogP contribution is -2.32. The van der Waals surface area contributed by atoms with Crippen LogP contribution >= 0.6 is 0 Å². The number of carboxylic acid groups (broad SMARTS) is 1. The molecule has 1 aromatic carbocycles. The van der Waals surface area contributed by atoms with Crippen molar-refractivity contribution in [3.05, 3.63) is 23.8 Å². The van der Waals surface area contributed by atoms with Gasteiger partial charge in [-0.1, -0.05) is 6.07 Å². The molecule has 0 radical (unpaired) electrons. The van der Waals surface area contributed by atoms with Crippen molar-refractivity contribution in [2.75, 3.05) is 6.79 Å². The van der Waals surface area contributed by atoms with Crippen molar-refractivity contribution in [2.45, 2.75) is 19.4 Å². The summed E-state index contributed by atoms with van der Waals surface area (Å²) in [5.74, 6) is 1.46. The zero-order valence-corrected chi connectivity index (χ0v) is 8.90. The Morgan fingerprint density at radius 2 is 2.25 bits per heavy atom. The Morgan fingerprint density at radius 3 is 3.00 bits per heavy atom. The van der Waals surface area contributed by atoms with Crippen LogP contribution in [0.2, 0.25) is 0 Å². The van der Waals surface area contributed by atoms with Crippen LogP contribution in [-0.4, -0.2) is 24.0 Å². The summed E-state index contributed by atoms with van der Waals surface area (Å²) in [7, 11) is 0. The van der Waals surface area contributed by atoms with Crippen molar-refractivity contribution in [1.29, 1.82) is 0 Å². The first kappa shape index (κ1) is 10.6. The number of carbonyl (C=O) groups is 1. The normalized spacial score (nSPS) is 14.6. The van der Waals surface area contributed by atoms with E-state index >= 15 is 0 Å². The van der Waals surface area contributed by atoms with Gasteiger partial charge in [0, 0.05) is 6.04 Å². The van der Waals surface area contributed by atoms with Crippen LogP contribution in [0.15, 0.2) is 18.2 Å². The van der Waals surface area contributed by atoms with E-state index in [9.17, 15) is 4.79 Å². The molecule has 1 aromatic rings. The lowest BCUT2D eigenvalue weighted by Gasteiger charge is -2.11. The van der Waals surface area contributed by atoms with Crippen LogP contribution in [0.25, 0.3) is 0 Å². The van der Waals surface area contributed by atoms with Gasteiger partial charge in [0.25, 0.3) is 0 Å². The number of hydrogen-bond donors (Lipinski definition) is 2. The van der Waals surface area contributed by atoms with E-state index in [1.165, 1.54) is 0 Å². The molecule has 1 aliphatic heterocycles. The molecule has 86 valence electrons. The van der Waals surface area contributed by atoms with Crippen LogP contribution in [0.3, 0.4) is 0 Å². The van der Waals surface area contributed by atoms with Crippen LogP contribution in [0.4, 0.5) is 4.79 Å². The molecule has 16 heavy (non-hydrogen) atoms. The summed E-state index contributed by atoms with van der Waals surface area (Å²) >= 11 is 0. The number of ether oxygens (including phenoxy) is 2. The fourth-order valence-corrected chi connectivity index (χ4v) is 1.68. The first-order valence-corrected chi connectivity index (χ1v) is 5.03. The lowest BCUT2D eigenvalue weighted by molar-refractivity contribution is 0.174. The Morgan fingerprint density at radius 1 is 1.50 bits per heavy atom. The number of hydrogen-bond acceptors (Lipinski definition) is 3. The Bertz CT molecular complexity index is 405. The molecular weight excluding hydrogens is 210 g/mol. The molecule has 2 rings (SSSR count). The Kier molecular flexibility index (Phi) is 2.85. The van der Waals surface area contributed by atoms with E-state index in [4.69, 9.17) is 14.6 Å². The van der Waals surface area contributed by atoms with E-state index in [-0.39, 0.29) is 12.8 Å². The first-order valence-electron chi connectivity index (χ1n) is 5.03. The number of benzene rings is 1. The Labute approximate surface area is 93.0 Å². The predicted octanol–water partition coefficient (Wildman–Crippen LogP) is 1.61. The van der Waals surface area contributed by atoms with Gasteiger partial charge in [0.05, 0.1) is 0 Å². The van der Waals surface area contributed by atoms with Crippen molar-refractivity contribution >= 4 is 6.09 Å². The summed E-state index contributed by atoms with van der Waals surface area (Å²) in [6.45, 7) is 2.07. The van der Waals surface area contributed by atoms with Gasteiger partial charge in [-0.05, 0) is 31.0 Å².